The molecule has 1 unspecified atom stereocenters. The summed E-state index contributed by atoms with van der Waals surface area (Å²) in [4.78, 5) is 26.1. The molecular formula is C27H35ClO4. The lowest BCUT2D eigenvalue weighted by atomic mass is 9.84. The van der Waals surface area contributed by atoms with Gasteiger partial charge in [0.2, 0.25) is 0 Å². The first-order valence-corrected chi connectivity index (χ1v) is 11.7. The van der Waals surface area contributed by atoms with Crippen LogP contribution < -0.4 is 4.74 Å². The van der Waals surface area contributed by atoms with Gasteiger partial charge >= 0.3 is 11.9 Å². The fraction of sp³-hybridized carbons (Fsp3) is 0.481. The van der Waals surface area contributed by atoms with E-state index in [1.165, 1.54) is 0 Å². The Balaban J connectivity index is 2.70. The van der Waals surface area contributed by atoms with Gasteiger partial charge in [0.15, 0.2) is 0 Å². The summed E-state index contributed by atoms with van der Waals surface area (Å²) in [5.74, 6) is -0.258. The molecule has 0 saturated carbocycles. The molecule has 0 N–H and O–H groups in total. The lowest BCUT2D eigenvalue weighted by Crippen LogP contribution is -2.21. The molecule has 1 atom stereocenters. The standard InChI is InChI=1S/C27H35ClO4/c1-8-31-27(30)24(12-16(2)3)23-15-20(17(4)5)14-22(18(6)7)25(23)32-26(29)19-10-9-11-21(28)13-19/h9-11,13-18,24H,8,12H2,1-7H3. The number of carbonyl (C=O) groups excluding carboxylic acids is 2. The monoisotopic (exact) mass is 458 g/mol. The predicted octanol–water partition coefficient (Wildman–Crippen LogP) is 7.50. The van der Waals surface area contributed by atoms with Crippen molar-refractivity contribution in [3.05, 3.63) is 63.7 Å². The first-order chi connectivity index (χ1) is 15.0. The number of halogens is 1. The topological polar surface area (TPSA) is 52.6 Å². The maximum absolute atomic E-state index is 13.1. The van der Waals surface area contributed by atoms with Crippen LogP contribution in [0.4, 0.5) is 0 Å². The van der Waals surface area contributed by atoms with E-state index < -0.39 is 11.9 Å². The highest BCUT2D eigenvalue weighted by Crippen LogP contribution is 2.41. The summed E-state index contributed by atoms with van der Waals surface area (Å²) in [7, 11) is 0. The Labute approximate surface area is 197 Å². The summed E-state index contributed by atoms with van der Waals surface area (Å²) in [6.07, 6.45) is 0.597. The minimum Gasteiger partial charge on any atom is -0.466 e. The summed E-state index contributed by atoms with van der Waals surface area (Å²) in [6, 6.07) is 10.8. The molecule has 0 fully saturated rings. The van der Waals surface area contributed by atoms with Crippen molar-refractivity contribution >= 4 is 23.5 Å². The van der Waals surface area contributed by atoms with Gasteiger partial charge in [0.05, 0.1) is 18.1 Å². The van der Waals surface area contributed by atoms with Gasteiger partial charge in [-0.1, -0.05) is 71.3 Å². The van der Waals surface area contributed by atoms with Gasteiger partial charge in [0, 0.05) is 10.6 Å². The molecule has 32 heavy (non-hydrogen) atoms. The van der Waals surface area contributed by atoms with Crippen molar-refractivity contribution in [1.82, 2.24) is 0 Å². The smallest absolute Gasteiger partial charge is 0.343 e. The zero-order chi connectivity index (χ0) is 24.0. The lowest BCUT2D eigenvalue weighted by molar-refractivity contribution is -0.145. The number of hydrogen-bond donors (Lipinski definition) is 0. The van der Waals surface area contributed by atoms with Crippen LogP contribution in [-0.4, -0.2) is 18.5 Å². The van der Waals surface area contributed by atoms with Crippen molar-refractivity contribution < 1.29 is 19.1 Å². The molecule has 0 amide bonds. The molecule has 2 aromatic rings. The number of ether oxygens (including phenoxy) is 2. The molecule has 0 aliphatic carbocycles. The van der Waals surface area contributed by atoms with Gasteiger partial charge in [-0.2, -0.15) is 0 Å². The van der Waals surface area contributed by atoms with E-state index >= 15 is 0 Å². The maximum atomic E-state index is 13.1. The second kappa shape index (κ2) is 11.5. The zero-order valence-corrected chi connectivity index (χ0v) is 21.0. The lowest BCUT2D eigenvalue weighted by Gasteiger charge is -2.25. The Kier molecular flexibility index (Phi) is 9.33. The SMILES string of the molecule is CCOC(=O)C(CC(C)C)c1cc(C(C)C)cc(C(C)C)c1OC(=O)c1cccc(Cl)c1. The molecule has 174 valence electrons. The van der Waals surface area contributed by atoms with E-state index in [9.17, 15) is 9.59 Å². The van der Waals surface area contributed by atoms with Gasteiger partial charge in [-0.25, -0.2) is 4.79 Å². The van der Waals surface area contributed by atoms with Gasteiger partial charge in [-0.3, -0.25) is 4.79 Å². The largest absolute Gasteiger partial charge is 0.466 e. The third-order valence-electron chi connectivity index (χ3n) is 5.37. The van der Waals surface area contributed by atoms with Gasteiger partial charge in [-0.15, -0.1) is 0 Å². The number of benzene rings is 2. The van der Waals surface area contributed by atoms with Crippen molar-refractivity contribution in [3.63, 3.8) is 0 Å². The summed E-state index contributed by atoms with van der Waals surface area (Å²) < 4.78 is 11.4. The van der Waals surface area contributed by atoms with Crippen LogP contribution in [-0.2, 0) is 9.53 Å². The molecule has 0 saturated heterocycles. The highest BCUT2D eigenvalue weighted by atomic mass is 35.5. The second-order valence-electron chi connectivity index (χ2n) is 9.17. The quantitative estimate of drug-likeness (QED) is 0.288. The van der Waals surface area contributed by atoms with Crippen LogP contribution in [0.5, 0.6) is 5.75 Å². The molecule has 2 aromatic carbocycles. The molecule has 0 heterocycles. The highest BCUT2D eigenvalue weighted by Gasteiger charge is 2.30. The summed E-state index contributed by atoms with van der Waals surface area (Å²) in [6.45, 7) is 14.6. The molecule has 4 nitrogen and oxygen atoms in total. The maximum Gasteiger partial charge on any atom is 0.343 e. The van der Waals surface area contributed by atoms with Crippen LogP contribution in [0.25, 0.3) is 0 Å². The Morgan fingerprint density at radius 3 is 2.12 bits per heavy atom. The van der Waals surface area contributed by atoms with E-state index in [1.54, 1.807) is 31.2 Å². The summed E-state index contributed by atoms with van der Waals surface area (Å²) in [5, 5.41) is 0.461. The Morgan fingerprint density at radius 1 is 0.938 bits per heavy atom. The average molecular weight is 459 g/mol. The summed E-state index contributed by atoms with van der Waals surface area (Å²) in [5.41, 5.74) is 3.08. The first kappa shape index (κ1) is 25.9. The van der Waals surface area contributed by atoms with E-state index in [0.29, 0.717) is 34.9 Å². The van der Waals surface area contributed by atoms with Gasteiger partial charge in [-0.05, 0) is 60.4 Å². The number of esters is 2. The van der Waals surface area contributed by atoms with E-state index in [2.05, 4.69) is 47.6 Å². The van der Waals surface area contributed by atoms with Crippen molar-refractivity contribution in [1.29, 1.82) is 0 Å². The highest BCUT2D eigenvalue weighted by molar-refractivity contribution is 6.30. The molecule has 2 rings (SSSR count). The fourth-order valence-corrected chi connectivity index (χ4v) is 3.86. The van der Waals surface area contributed by atoms with Crippen molar-refractivity contribution in [2.75, 3.05) is 6.61 Å². The molecule has 0 radical (unpaired) electrons. The van der Waals surface area contributed by atoms with Crippen LogP contribution in [0.2, 0.25) is 5.02 Å². The fourth-order valence-electron chi connectivity index (χ4n) is 3.67. The molecule has 0 aliphatic rings. The average Bonchev–Trinajstić information content (AvgIpc) is 2.71. The van der Waals surface area contributed by atoms with Crippen LogP contribution in [0.15, 0.2) is 36.4 Å². The van der Waals surface area contributed by atoms with Crippen molar-refractivity contribution in [2.24, 2.45) is 5.92 Å². The van der Waals surface area contributed by atoms with Crippen molar-refractivity contribution in [3.8, 4) is 5.75 Å². The Bertz CT molecular complexity index is 947. The van der Waals surface area contributed by atoms with Gasteiger partial charge in [0.1, 0.15) is 5.75 Å². The minimum absolute atomic E-state index is 0.0940. The minimum atomic E-state index is -0.520. The molecule has 0 spiro atoms. The second-order valence-corrected chi connectivity index (χ2v) is 9.61. The van der Waals surface area contributed by atoms with Crippen LogP contribution in [0.1, 0.15) is 99.7 Å². The van der Waals surface area contributed by atoms with Crippen LogP contribution in [0.3, 0.4) is 0 Å². The number of hydrogen-bond acceptors (Lipinski definition) is 4. The van der Waals surface area contributed by atoms with Crippen LogP contribution >= 0.6 is 11.6 Å². The molecular weight excluding hydrogens is 424 g/mol. The van der Waals surface area contributed by atoms with E-state index in [4.69, 9.17) is 21.1 Å². The number of rotatable bonds is 9. The van der Waals surface area contributed by atoms with Gasteiger partial charge in [0.25, 0.3) is 0 Å². The van der Waals surface area contributed by atoms with Gasteiger partial charge < -0.3 is 9.47 Å². The molecule has 0 bridgehead atoms. The Morgan fingerprint density at radius 2 is 1.59 bits per heavy atom. The van der Waals surface area contributed by atoms with E-state index in [1.807, 2.05) is 6.07 Å². The molecule has 0 aromatic heterocycles. The van der Waals surface area contributed by atoms with Crippen molar-refractivity contribution in [2.45, 2.75) is 72.6 Å². The third-order valence-corrected chi connectivity index (χ3v) is 5.60. The number of carbonyl (C=O) groups is 2. The Hall–Kier alpha value is -2.33. The van der Waals surface area contributed by atoms with E-state index in [-0.39, 0.29) is 23.7 Å². The molecule has 5 heteroatoms. The molecule has 0 aliphatic heterocycles. The summed E-state index contributed by atoms with van der Waals surface area (Å²) >= 11 is 6.08. The first-order valence-electron chi connectivity index (χ1n) is 11.4. The predicted molar refractivity (Wildman–Crippen MR) is 130 cm³/mol. The zero-order valence-electron chi connectivity index (χ0n) is 20.2. The third kappa shape index (κ3) is 6.59. The normalized spacial score (nSPS) is 12.3. The van der Waals surface area contributed by atoms with E-state index in [0.717, 1.165) is 11.1 Å². The van der Waals surface area contributed by atoms with Crippen LogP contribution in [0, 0.1) is 5.92 Å².